The van der Waals surface area contributed by atoms with E-state index in [1.165, 1.54) is 12.8 Å². The second-order valence-electron chi connectivity index (χ2n) is 7.26. The van der Waals surface area contributed by atoms with Crippen molar-refractivity contribution in [2.45, 2.75) is 45.1 Å². The summed E-state index contributed by atoms with van der Waals surface area (Å²) < 4.78 is 5.92. The SMILES string of the molecule is CC1CC(C(=O)O)CN(C(=O)Nc2ccc(OC3CCCC3)cc2)C1. The lowest BCUT2D eigenvalue weighted by Crippen LogP contribution is -2.47. The molecule has 6 nitrogen and oxygen atoms in total. The molecule has 2 atom stereocenters. The molecule has 1 aromatic rings. The average molecular weight is 346 g/mol. The third-order valence-electron chi connectivity index (χ3n) is 5.01. The highest BCUT2D eigenvalue weighted by Crippen LogP contribution is 2.26. The van der Waals surface area contributed by atoms with E-state index in [9.17, 15) is 14.7 Å². The van der Waals surface area contributed by atoms with Crippen molar-refractivity contribution in [3.63, 3.8) is 0 Å². The Hall–Kier alpha value is -2.24. The number of carboxylic acids is 1. The van der Waals surface area contributed by atoms with Gasteiger partial charge in [0, 0.05) is 18.8 Å². The first-order valence-corrected chi connectivity index (χ1v) is 9.06. The number of urea groups is 1. The number of hydrogen-bond donors (Lipinski definition) is 2. The summed E-state index contributed by atoms with van der Waals surface area (Å²) in [6.45, 7) is 2.82. The van der Waals surface area contributed by atoms with E-state index in [-0.39, 0.29) is 18.5 Å². The van der Waals surface area contributed by atoms with Crippen molar-refractivity contribution in [2.75, 3.05) is 18.4 Å². The van der Waals surface area contributed by atoms with E-state index in [1.54, 1.807) is 4.90 Å². The highest BCUT2D eigenvalue weighted by Gasteiger charge is 2.31. The molecule has 6 heteroatoms. The lowest BCUT2D eigenvalue weighted by atomic mass is 9.91. The van der Waals surface area contributed by atoms with Crippen LogP contribution in [0.5, 0.6) is 5.75 Å². The zero-order valence-corrected chi connectivity index (χ0v) is 14.6. The fraction of sp³-hybridized carbons (Fsp3) is 0.579. The second kappa shape index (κ2) is 7.76. The number of rotatable bonds is 4. The van der Waals surface area contributed by atoms with Gasteiger partial charge in [-0.2, -0.15) is 0 Å². The minimum absolute atomic E-state index is 0.183. The lowest BCUT2D eigenvalue weighted by molar-refractivity contribution is -0.143. The Bertz CT molecular complexity index is 610. The number of amides is 2. The quantitative estimate of drug-likeness (QED) is 0.873. The van der Waals surface area contributed by atoms with Gasteiger partial charge < -0.3 is 20.1 Å². The second-order valence-corrected chi connectivity index (χ2v) is 7.26. The third kappa shape index (κ3) is 4.65. The molecule has 2 N–H and O–H groups in total. The Labute approximate surface area is 148 Å². The Morgan fingerprint density at radius 2 is 1.84 bits per heavy atom. The van der Waals surface area contributed by atoms with Crippen LogP contribution in [0.3, 0.4) is 0 Å². The molecule has 0 radical (unpaired) electrons. The van der Waals surface area contributed by atoms with Gasteiger partial charge in [0.25, 0.3) is 0 Å². The number of nitrogens with one attached hydrogen (secondary N) is 1. The smallest absolute Gasteiger partial charge is 0.321 e. The zero-order valence-electron chi connectivity index (χ0n) is 14.6. The molecule has 3 rings (SSSR count). The molecule has 1 heterocycles. The molecule has 0 aromatic heterocycles. The minimum Gasteiger partial charge on any atom is -0.490 e. The van der Waals surface area contributed by atoms with Gasteiger partial charge in [-0.15, -0.1) is 0 Å². The standard InChI is InChI=1S/C19H26N2O4/c1-13-10-14(18(22)23)12-21(11-13)19(24)20-15-6-8-17(9-7-15)25-16-4-2-3-5-16/h6-9,13-14,16H,2-5,10-12H2,1H3,(H,20,24)(H,22,23). The van der Waals surface area contributed by atoms with Gasteiger partial charge in [-0.3, -0.25) is 4.79 Å². The largest absolute Gasteiger partial charge is 0.490 e. The molecule has 1 aromatic carbocycles. The maximum absolute atomic E-state index is 12.4. The molecular weight excluding hydrogens is 320 g/mol. The fourth-order valence-corrected chi connectivity index (χ4v) is 3.71. The van der Waals surface area contributed by atoms with Crippen LogP contribution in [-0.4, -0.2) is 41.2 Å². The van der Waals surface area contributed by atoms with Crippen molar-refractivity contribution in [3.8, 4) is 5.75 Å². The highest BCUT2D eigenvalue weighted by molar-refractivity contribution is 5.89. The maximum atomic E-state index is 12.4. The van der Waals surface area contributed by atoms with Crippen LogP contribution in [0.1, 0.15) is 39.0 Å². The number of likely N-dealkylation sites (tertiary alicyclic amines) is 1. The summed E-state index contributed by atoms with van der Waals surface area (Å²) in [7, 11) is 0. The number of nitrogens with zero attached hydrogens (tertiary/aromatic N) is 1. The lowest BCUT2D eigenvalue weighted by Gasteiger charge is -2.34. The summed E-state index contributed by atoms with van der Waals surface area (Å²) in [6.07, 6.45) is 5.59. The van der Waals surface area contributed by atoms with E-state index < -0.39 is 11.9 Å². The van der Waals surface area contributed by atoms with Gasteiger partial charge in [-0.25, -0.2) is 4.79 Å². The van der Waals surface area contributed by atoms with E-state index in [0.717, 1.165) is 18.6 Å². The molecule has 1 saturated heterocycles. The molecule has 2 amide bonds. The molecule has 0 spiro atoms. The first kappa shape index (κ1) is 17.6. The molecule has 0 bridgehead atoms. The molecule has 2 aliphatic rings. The van der Waals surface area contributed by atoms with Crippen molar-refractivity contribution in [3.05, 3.63) is 24.3 Å². The van der Waals surface area contributed by atoms with Gasteiger partial charge in [0.2, 0.25) is 0 Å². The molecule has 1 saturated carbocycles. The molecule has 2 fully saturated rings. The molecule has 1 aliphatic heterocycles. The number of ether oxygens (including phenoxy) is 1. The van der Waals surface area contributed by atoms with E-state index >= 15 is 0 Å². The Balaban J connectivity index is 1.55. The van der Waals surface area contributed by atoms with Crippen molar-refractivity contribution in [2.24, 2.45) is 11.8 Å². The Morgan fingerprint density at radius 1 is 1.16 bits per heavy atom. The normalized spacial score (nSPS) is 24.1. The molecular formula is C19H26N2O4. The van der Waals surface area contributed by atoms with Crippen LogP contribution in [0, 0.1) is 11.8 Å². The molecule has 1 aliphatic carbocycles. The van der Waals surface area contributed by atoms with Crippen LogP contribution < -0.4 is 10.1 Å². The van der Waals surface area contributed by atoms with Gasteiger partial charge in [0.15, 0.2) is 0 Å². The van der Waals surface area contributed by atoms with E-state index in [1.807, 2.05) is 31.2 Å². The van der Waals surface area contributed by atoms with Crippen molar-refractivity contribution in [1.29, 1.82) is 0 Å². The van der Waals surface area contributed by atoms with E-state index in [4.69, 9.17) is 4.74 Å². The molecule has 2 unspecified atom stereocenters. The van der Waals surface area contributed by atoms with Crippen LogP contribution in [0.25, 0.3) is 0 Å². The van der Waals surface area contributed by atoms with Crippen LogP contribution in [0.4, 0.5) is 10.5 Å². The van der Waals surface area contributed by atoms with Gasteiger partial charge in [0.05, 0.1) is 12.0 Å². The number of hydrogen-bond acceptors (Lipinski definition) is 3. The summed E-state index contributed by atoms with van der Waals surface area (Å²) in [5, 5.41) is 12.1. The Kier molecular flexibility index (Phi) is 5.46. The molecule has 25 heavy (non-hydrogen) atoms. The Morgan fingerprint density at radius 3 is 2.48 bits per heavy atom. The minimum atomic E-state index is -0.835. The monoisotopic (exact) mass is 346 g/mol. The van der Waals surface area contributed by atoms with E-state index in [2.05, 4.69) is 5.32 Å². The van der Waals surface area contributed by atoms with Crippen LogP contribution in [0.15, 0.2) is 24.3 Å². The number of carbonyl (C=O) groups excluding carboxylic acids is 1. The van der Waals surface area contributed by atoms with E-state index in [0.29, 0.717) is 24.8 Å². The van der Waals surface area contributed by atoms with Crippen LogP contribution >= 0.6 is 0 Å². The van der Waals surface area contributed by atoms with Crippen LogP contribution in [0.2, 0.25) is 0 Å². The number of anilines is 1. The third-order valence-corrected chi connectivity index (χ3v) is 5.01. The predicted octanol–water partition coefficient (Wildman–Crippen LogP) is 3.58. The number of benzene rings is 1. The summed E-state index contributed by atoms with van der Waals surface area (Å²) in [6, 6.07) is 7.14. The number of piperidine rings is 1. The summed E-state index contributed by atoms with van der Waals surface area (Å²) in [5.74, 6) is -0.320. The van der Waals surface area contributed by atoms with Crippen LogP contribution in [-0.2, 0) is 4.79 Å². The van der Waals surface area contributed by atoms with Gasteiger partial charge in [-0.1, -0.05) is 6.92 Å². The van der Waals surface area contributed by atoms with Gasteiger partial charge >= 0.3 is 12.0 Å². The fourth-order valence-electron chi connectivity index (χ4n) is 3.71. The topological polar surface area (TPSA) is 78.9 Å². The first-order chi connectivity index (χ1) is 12.0. The highest BCUT2D eigenvalue weighted by atomic mass is 16.5. The zero-order chi connectivity index (χ0) is 17.8. The van der Waals surface area contributed by atoms with Crippen molar-refractivity contribution in [1.82, 2.24) is 4.90 Å². The first-order valence-electron chi connectivity index (χ1n) is 9.06. The summed E-state index contributed by atoms with van der Waals surface area (Å²) in [4.78, 5) is 25.3. The maximum Gasteiger partial charge on any atom is 0.321 e. The number of aliphatic carboxylic acids is 1. The predicted molar refractivity (Wildman–Crippen MR) is 94.8 cm³/mol. The van der Waals surface area contributed by atoms with Gasteiger partial charge in [-0.05, 0) is 62.3 Å². The number of carboxylic acid groups (broad SMARTS) is 1. The summed E-state index contributed by atoms with van der Waals surface area (Å²) in [5.41, 5.74) is 0.689. The molecule has 136 valence electrons. The summed E-state index contributed by atoms with van der Waals surface area (Å²) >= 11 is 0. The van der Waals surface area contributed by atoms with Gasteiger partial charge in [0.1, 0.15) is 5.75 Å². The van der Waals surface area contributed by atoms with Crippen molar-refractivity contribution >= 4 is 17.7 Å². The van der Waals surface area contributed by atoms with Crippen molar-refractivity contribution < 1.29 is 19.4 Å². The average Bonchev–Trinajstić information content (AvgIpc) is 3.09. The number of carbonyl (C=O) groups is 2.